The van der Waals surface area contributed by atoms with Gasteiger partial charge in [0.1, 0.15) is 10.7 Å². The summed E-state index contributed by atoms with van der Waals surface area (Å²) in [5.41, 5.74) is 7.23. The highest BCUT2D eigenvalue weighted by Crippen LogP contribution is 2.20. The smallest absolute Gasteiger partial charge is 0.244 e. The SMILES string of the molecule is Cc1ccccc1NC(=O)CCNS(=O)(=O)c1cc(Br)cnc1N. The quantitative estimate of drug-likeness (QED) is 0.671. The van der Waals surface area contributed by atoms with Crippen LogP contribution < -0.4 is 15.8 Å². The zero-order chi connectivity index (χ0) is 17.7. The average Bonchev–Trinajstić information content (AvgIpc) is 2.51. The van der Waals surface area contributed by atoms with Gasteiger partial charge in [0.05, 0.1) is 0 Å². The molecule has 1 heterocycles. The van der Waals surface area contributed by atoms with E-state index in [-0.39, 0.29) is 29.6 Å². The summed E-state index contributed by atoms with van der Waals surface area (Å²) in [5, 5.41) is 2.74. The van der Waals surface area contributed by atoms with Gasteiger partial charge in [0.2, 0.25) is 15.9 Å². The molecule has 7 nitrogen and oxygen atoms in total. The van der Waals surface area contributed by atoms with Gasteiger partial charge in [-0.15, -0.1) is 0 Å². The Morgan fingerprint density at radius 3 is 2.75 bits per heavy atom. The lowest BCUT2D eigenvalue weighted by molar-refractivity contribution is -0.116. The van der Waals surface area contributed by atoms with Crippen LogP contribution in [0.2, 0.25) is 0 Å². The lowest BCUT2D eigenvalue weighted by atomic mass is 10.2. The lowest BCUT2D eigenvalue weighted by Gasteiger charge is -2.10. The number of amides is 1. The topological polar surface area (TPSA) is 114 Å². The van der Waals surface area contributed by atoms with Crippen molar-refractivity contribution in [3.63, 3.8) is 0 Å². The summed E-state index contributed by atoms with van der Waals surface area (Å²) in [6.07, 6.45) is 1.40. The van der Waals surface area contributed by atoms with Gasteiger partial charge in [-0.3, -0.25) is 4.79 Å². The van der Waals surface area contributed by atoms with Crippen LogP contribution >= 0.6 is 15.9 Å². The van der Waals surface area contributed by atoms with Crippen LogP contribution in [0.3, 0.4) is 0 Å². The second-order valence-corrected chi connectivity index (χ2v) is 7.70. The number of hydrogen-bond donors (Lipinski definition) is 3. The van der Waals surface area contributed by atoms with Crippen LogP contribution in [0.4, 0.5) is 11.5 Å². The van der Waals surface area contributed by atoms with E-state index in [1.807, 2.05) is 25.1 Å². The summed E-state index contributed by atoms with van der Waals surface area (Å²) in [6.45, 7) is 1.83. The van der Waals surface area contributed by atoms with Crippen LogP contribution in [0.1, 0.15) is 12.0 Å². The van der Waals surface area contributed by atoms with Gasteiger partial charge in [0, 0.05) is 29.3 Å². The Morgan fingerprint density at radius 1 is 1.33 bits per heavy atom. The Labute approximate surface area is 148 Å². The molecule has 0 atom stereocenters. The molecule has 24 heavy (non-hydrogen) atoms. The van der Waals surface area contributed by atoms with E-state index in [9.17, 15) is 13.2 Å². The van der Waals surface area contributed by atoms with Crippen molar-refractivity contribution in [3.8, 4) is 0 Å². The van der Waals surface area contributed by atoms with E-state index in [2.05, 4.69) is 31.0 Å². The van der Waals surface area contributed by atoms with Gasteiger partial charge < -0.3 is 11.1 Å². The molecule has 9 heteroatoms. The molecule has 0 bridgehead atoms. The third-order valence-corrected chi connectivity index (χ3v) is 5.13. The van der Waals surface area contributed by atoms with E-state index in [4.69, 9.17) is 5.73 Å². The molecule has 0 aliphatic carbocycles. The zero-order valence-electron chi connectivity index (χ0n) is 12.9. The molecular formula is C15H17BrN4O3S. The summed E-state index contributed by atoms with van der Waals surface area (Å²) in [5.74, 6) is -0.387. The Bertz CT molecular complexity index is 856. The van der Waals surface area contributed by atoms with Crippen molar-refractivity contribution in [1.29, 1.82) is 0 Å². The molecule has 0 fully saturated rings. The number of halogens is 1. The zero-order valence-corrected chi connectivity index (χ0v) is 15.3. The number of aryl methyl sites for hydroxylation is 1. The molecule has 4 N–H and O–H groups in total. The van der Waals surface area contributed by atoms with Gasteiger partial charge in [-0.1, -0.05) is 18.2 Å². The molecule has 2 rings (SSSR count). The predicted molar refractivity (Wildman–Crippen MR) is 96.0 cm³/mol. The predicted octanol–water partition coefficient (Wildman–Crippen LogP) is 2.04. The first kappa shape index (κ1) is 18.4. The number of nitrogen functional groups attached to an aromatic ring is 1. The molecule has 0 saturated carbocycles. The largest absolute Gasteiger partial charge is 0.383 e. The number of anilines is 2. The average molecular weight is 413 g/mol. The Morgan fingerprint density at radius 2 is 2.04 bits per heavy atom. The van der Waals surface area contributed by atoms with Crippen molar-refractivity contribution in [1.82, 2.24) is 9.71 Å². The number of nitrogens with two attached hydrogens (primary N) is 1. The van der Waals surface area contributed by atoms with Crippen LogP contribution in [0.5, 0.6) is 0 Å². The molecule has 0 saturated heterocycles. The third-order valence-electron chi connectivity index (χ3n) is 3.20. The minimum absolute atomic E-state index is 0.00506. The first-order valence-electron chi connectivity index (χ1n) is 7.06. The second-order valence-electron chi connectivity index (χ2n) is 5.05. The number of nitrogens with one attached hydrogen (secondary N) is 2. The van der Waals surface area contributed by atoms with Crippen LogP contribution in [-0.4, -0.2) is 25.9 Å². The van der Waals surface area contributed by atoms with E-state index >= 15 is 0 Å². The molecule has 1 aromatic carbocycles. The molecule has 128 valence electrons. The number of nitrogens with zero attached hydrogens (tertiary/aromatic N) is 1. The molecule has 0 unspecified atom stereocenters. The molecule has 1 amide bonds. The Kier molecular flexibility index (Phi) is 5.92. The van der Waals surface area contributed by atoms with Crippen molar-refractivity contribution in [2.75, 3.05) is 17.6 Å². The highest BCUT2D eigenvalue weighted by Gasteiger charge is 2.19. The fourth-order valence-corrected chi connectivity index (χ4v) is 3.57. The fraction of sp³-hybridized carbons (Fsp3) is 0.200. The number of pyridine rings is 1. The monoisotopic (exact) mass is 412 g/mol. The molecular weight excluding hydrogens is 396 g/mol. The number of sulfonamides is 1. The summed E-state index contributed by atoms with van der Waals surface area (Å²) in [4.78, 5) is 15.6. The number of carbonyl (C=O) groups is 1. The summed E-state index contributed by atoms with van der Waals surface area (Å²) in [7, 11) is -3.84. The summed E-state index contributed by atoms with van der Waals surface area (Å²) < 4.78 is 27.3. The van der Waals surface area contributed by atoms with Gasteiger partial charge >= 0.3 is 0 Å². The van der Waals surface area contributed by atoms with E-state index in [0.29, 0.717) is 10.2 Å². The molecule has 2 aromatic rings. The second kappa shape index (κ2) is 7.73. The van der Waals surface area contributed by atoms with Crippen LogP contribution in [0, 0.1) is 6.92 Å². The maximum atomic E-state index is 12.2. The van der Waals surface area contributed by atoms with Crippen molar-refractivity contribution < 1.29 is 13.2 Å². The van der Waals surface area contributed by atoms with E-state index in [1.165, 1.54) is 12.3 Å². The molecule has 1 aromatic heterocycles. The van der Waals surface area contributed by atoms with Crippen molar-refractivity contribution in [3.05, 3.63) is 46.6 Å². The first-order valence-corrected chi connectivity index (χ1v) is 9.33. The number of para-hydroxylation sites is 1. The van der Waals surface area contributed by atoms with Gasteiger partial charge in [0.25, 0.3) is 0 Å². The summed E-state index contributed by atoms with van der Waals surface area (Å²) in [6, 6.07) is 8.70. The molecule has 0 radical (unpaired) electrons. The Balaban J connectivity index is 1.94. The lowest BCUT2D eigenvalue weighted by Crippen LogP contribution is -2.28. The number of rotatable bonds is 6. The minimum Gasteiger partial charge on any atom is -0.383 e. The van der Waals surface area contributed by atoms with Crippen LogP contribution in [-0.2, 0) is 14.8 Å². The maximum Gasteiger partial charge on any atom is 0.244 e. The van der Waals surface area contributed by atoms with Crippen molar-refractivity contribution in [2.45, 2.75) is 18.2 Å². The Hall–Kier alpha value is -1.97. The summed E-state index contributed by atoms with van der Waals surface area (Å²) >= 11 is 3.15. The van der Waals surface area contributed by atoms with Crippen LogP contribution in [0.25, 0.3) is 0 Å². The molecule has 0 aliphatic heterocycles. The number of carbonyl (C=O) groups excluding carboxylic acids is 1. The minimum atomic E-state index is -3.84. The highest BCUT2D eigenvalue weighted by atomic mass is 79.9. The van der Waals surface area contributed by atoms with E-state index < -0.39 is 10.0 Å². The fourth-order valence-electron chi connectivity index (χ4n) is 1.95. The number of benzene rings is 1. The van der Waals surface area contributed by atoms with E-state index in [1.54, 1.807) is 6.07 Å². The van der Waals surface area contributed by atoms with Gasteiger partial charge in [0.15, 0.2) is 0 Å². The highest BCUT2D eigenvalue weighted by molar-refractivity contribution is 9.10. The maximum absolute atomic E-state index is 12.2. The van der Waals surface area contributed by atoms with Gasteiger partial charge in [-0.2, -0.15) is 0 Å². The van der Waals surface area contributed by atoms with Gasteiger partial charge in [-0.25, -0.2) is 18.1 Å². The van der Waals surface area contributed by atoms with Gasteiger partial charge in [-0.05, 0) is 40.5 Å². The third kappa shape index (κ3) is 4.76. The number of hydrogen-bond acceptors (Lipinski definition) is 5. The van der Waals surface area contributed by atoms with Crippen LogP contribution in [0.15, 0.2) is 45.9 Å². The molecule has 0 spiro atoms. The number of aromatic nitrogens is 1. The normalized spacial score (nSPS) is 11.2. The van der Waals surface area contributed by atoms with Crippen molar-refractivity contribution in [2.24, 2.45) is 0 Å². The van der Waals surface area contributed by atoms with E-state index in [0.717, 1.165) is 5.56 Å². The first-order chi connectivity index (χ1) is 11.3. The standard InChI is InChI=1S/C15H17BrN4O3S/c1-10-4-2-3-5-12(10)20-14(21)6-7-19-24(22,23)13-8-11(16)9-18-15(13)17/h2-5,8-9,19H,6-7H2,1H3,(H2,17,18)(H,20,21). The molecule has 0 aliphatic rings. The van der Waals surface area contributed by atoms with Crippen molar-refractivity contribution >= 4 is 43.4 Å².